The highest BCUT2D eigenvalue weighted by molar-refractivity contribution is 5.45. The molecule has 0 radical (unpaired) electrons. The van der Waals surface area contributed by atoms with Crippen molar-refractivity contribution >= 4 is 11.6 Å². The second kappa shape index (κ2) is 6.19. The Hall–Kier alpha value is -1.36. The van der Waals surface area contributed by atoms with Crippen LogP contribution in [0.5, 0.6) is 0 Å². The van der Waals surface area contributed by atoms with Crippen molar-refractivity contribution in [2.24, 2.45) is 11.8 Å². The number of aromatic nitrogens is 2. The van der Waals surface area contributed by atoms with Gasteiger partial charge in [0.05, 0.1) is 0 Å². The quantitative estimate of drug-likeness (QED) is 0.490. The third-order valence-electron chi connectivity index (χ3n) is 2.54. The van der Waals surface area contributed by atoms with Gasteiger partial charge in [0.15, 0.2) is 0 Å². The summed E-state index contributed by atoms with van der Waals surface area (Å²) in [5.41, 5.74) is 2.49. The first kappa shape index (κ1) is 11.7. The summed E-state index contributed by atoms with van der Waals surface area (Å²) in [4.78, 5) is 8.05. The molecule has 0 unspecified atom stereocenters. The van der Waals surface area contributed by atoms with Crippen molar-refractivity contribution in [3.63, 3.8) is 0 Å². The van der Waals surface area contributed by atoms with Gasteiger partial charge in [-0.3, -0.25) is 0 Å². The maximum atomic E-state index is 5.26. The van der Waals surface area contributed by atoms with E-state index < -0.39 is 0 Å². The van der Waals surface area contributed by atoms with E-state index in [1.165, 1.54) is 19.2 Å². The molecular weight excluding hydrogens is 190 g/mol. The molecule has 0 aliphatic rings. The molecule has 0 amide bonds. The number of hydrazine groups is 1. The van der Waals surface area contributed by atoms with Gasteiger partial charge in [-0.15, -0.1) is 0 Å². The van der Waals surface area contributed by atoms with Gasteiger partial charge in [-0.2, -0.15) is 0 Å². The molecule has 0 saturated carbocycles. The van der Waals surface area contributed by atoms with Crippen molar-refractivity contribution in [2.75, 3.05) is 17.3 Å². The van der Waals surface area contributed by atoms with Crippen LogP contribution in [0.4, 0.5) is 11.6 Å². The summed E-state index contributed by atoms with van der Waals surface area (Å²) in [6, 6.07) is 1.79. The van der Waals surface area contributed by atoms with Gasteiger partial charge in [-0.05, 0) is 5.92 Å². The third-order valence-corrected chi connectivity index (χ3v) is 2.54. The molecule has 0 aliphatic heterocycles. The number of hydrogen-bond acceptors (Lipinski definition) is 5. The Morgan fingerprint density at radius 2 is 1.93 bits per heavy atom. The minimum atomic E-state index is 0.622. The summed E-state index contributed by atoms with van der Waals surface area (Å²) < 4.78 is 0. The minimum Gasteiger partial charge on any atom is -0.370 e. The van der Waals surface area contributed by atoms with E-state index in [-0.39, 0.29) is 0 Å². The third kappa shape index (κ3) is 3.71. The molecule has 15 heavy (non-hydrogen) atoms. The number of nitrogen functional groups attached to an aromatic ring is 1. The minimum absolute atomic E-state index is 0.622. The molecule has 0 atom stereocenters. The molecule has 0 spiro atoms. The zero-order chi connectivity index (χ0) is 11.1. The van der Waals surface area contributed by atoms with Crippen molar-refractivity contribution in [3.05, 3.63) is 12.4 Å². The Balaban J connectivity index is 2.49. The smallest absolute Gasteiger partial charge is 0.145 e. The van der Waals surface area contributed by atoms with E-state index in [0.29, 0.717) is 11.7 Å². The molecule has 0 saturated heterocycles. The van der Waals surface area contributed by atoms with Crippen LogP contribution in [0.1, 0.15) is 26.7 Å². The average Bonchev–Trinajstić information content (AvgIpc) is 2.31. The van der Waals surface area contributed by atoms with Crippen LogP contribution in [0.2, 0.25) is 0 Å². The lowest BCUT2D eigenvalue weighted by Crippen LogP contribution is -2.14. The van der Waals surface area contributed by atoms with Gasteiger partial charge in [0.25, 0.3) is 0 Å². The highest BCUT2D eigenvalue weighted by Crippen LogP contribution is 2.11. The van der Waals surface area contributed by atoms with E-state index in [2.05, 4.69) is 34.6 Å². The summed E-state index contributed by atoms with van der Waals surface area (Å²) in [7, 11) is 0. The zero-order valence-corrected chi connectivity index (χ0v) is 9.33. The molecule has 0 aromatic carbocycles. The van der Waals surface area contributed by atoms with Gasteiger partial charge in [-0.1, -0.05) is 26.7 Å². The molecule has 5 heteroatoms. The second-order valence-electron chi connectivity index (χ2n) is 3.50. The highest BCUT2D eigenvalue weighted by atomic mass is 15.3. The van der Waals surface area contributed by atoms with Crippen LogP contribution in [-0.4, -0.2) is 16.5 Å². The van der Waals surface area contributed by atoms with Crippen LogP contribution in [0.25, 0.3) is 0 Å². The average molecular weight is 209 g/mol. The predicted molar refractivity (Wildman–Crippen MR) is 62.4 cm³/mol. The number of hydrogen-bond donors (Lipinski definition) is 3. The lowest BCUT2D eigenvalue weighted by molar-refractivity contribution is 0.518. The molecule has 5 nitrogen and oxygen atoms in total. The molecule has 0 bridgehead atoms. The summed E-state index contributed by atoms with van der Waals surface area (Å²) in [6.07, 6.45) is 3.84. The fourth-order valence-corrected chi connectivity index (χ4v) is 1.36. The van der Waals surface area contributed by atoms with E-state index in [4.69, 9.17) is 5.84 Å². The van der Waals surface area contributed by atoms with Gasteiger partial charge < -0.3 is 10.7 Å². The second-order valence-corrected chi connectivity index (χ2v) is 3.50. The summed E-state index contributed by atoms with van der Waals surface area (Å²) in [5.74, 6) is 7.38. The van der Waals surface area contributed by atoms with Crippen molar-refractivity contribution in [2.45, 2.75) is 26.7 Å². The van der Waals surface area contributed by atoms with Gasteiger partial charge in [0, 0.05) is 12.6 Å². The lowest BCUT2D eigenvalue weighted by atomic mass is 10.0. The number of rotatable bonds is 6. The van der Waals surface area contributed by atoms with Gasteiger partial charge in [0.2, 0.25) is 0 Å². The van der Waals surface area contributed by atoms with Gasteiger partial charge >= 0.3 is 0 Å². The lowest BCUT2D eigenvalue weighted by Gasteiger charge is -2.13. The van der Waals surface area contributed by atoms with Crippen molar-refractivity contribution < 1.29 is 0 Å². The Morgan fingerprint density at radius 1 is 1.27 bits per heavy atom. The number of anilines is 2. The largest absolute Gasteiger partial charge is 0.370 e. The standard InChI is InChI=1S/C10H19N5/c1-3-8(4-2)6-12-9-5-10(15-11)14-7-13-9/h5,7-8H,3-4,6,11H2,1-2H3,(H2,12,13,14,15). The van der Waals surface area contributed by atoms with Crippen LogP contribution in [-0.2, 0) is 0 Å². The first-order chi connectivity index (χ1) is 7.30. The fraction of sp³-hybridized carbons (Fsp3) is 0.600. The first-order valence-corrected chi connectivity index (χ1v) is 5.32. The van der Waals surface area contributed by atoms with E-state index in [1.54, 1.807) is 6.07 Å². The molecule has 1 heterocycles. The zero-order valence-electron chi connectivity index (χ0n) is 9.33. The van der Waals surface area contributed by atoms with Crippen LogP contribution in [0.15, 0.2) is 12.4 Å². The van der Waals surface area contributed by atoms with E-state index in [0.717, 1.165) is 12.4 Å². The number of nitrogens with zero attached hydrogens (tertiary/aromatic N) is 2. The molecule has 4 N–H and O–H groups in total. The topological polar surface area (TPSA) is 75.9 Å². The van der Waals surface area contributed by atoms with Crippen LogP contribution in [0.3, 0.4) is 0 Å². The molecule has 1 aromatic rings. The van der Waals surface area contributed by atoms with Gasteiger partial charge in [0.1, 0.15) is 18.0 Å². The summed E-state index contributed by atoms with van der Waals surface area (Å²) >= 11 is 0. The summed E-state index contributed by atoms with van der Waals surface area (Å²) in [5, 5.41) is 3.27. The van der Waals surface area contributed by atoms with E-state index in [9.17, 15) is 0 Å². The summed E-state index contributed by atoms with van der Waals surface area (Å²) in [6.45, 7) is 5.33. The van der Waals surface area contributed by atoms with Crippen molar-refractivity contribution in [3.8, 4) is 0 Å². The number of nitrogens with two attached hydrogens (primary N) is 1. The number of nitrogens with one attached hydrogen (secondary N) is 2. The fourth-order valence-electron chi connectivity index (χ4n) is 1.36. The maximum Gasteiger partial charge on any atom is 0.145 e. The van der Waals surface area contributed by atoms with Crippen LogP contribution < -0.4 is 16.6 Å². The maximum absolute atomic E-state index is 5.26. The van der Waals surface area contributed by atoms with E-state index in [1.807, 2.05) is 0 Å². The molecule has 0 aliphatic carbocycles. The monoisotopic (exact) mass is 209 g/mol. The van der Waals surface area contributed by atoms with Crippen molar-refractivity contribution in [1.82, 2.24) is 9.97 Å². The Kier molecular flexibility index (Phi) is 4.83. The van der Waals surface area contributed by atoms with Gasteiger partial charge in [-0.25, -0.2) is 15.8 Å². The van der Waals surface area contributed by atoms with Crippen LogP contribution >= 0.6 is 0 Å². The molecule has 1 aromatic heterocycles. The molecule has 1 rings (SSSR count). The van der Waals surface area contributed by atoms with Crippen LogP contribution in [0, 0.1) is 5.92 Å². The molecular formula is C10H19N5. The molecule has 84 valence electrons. The Bertz CT molecular complexity index is 285. The van der Waals surface area contributed by atoms with E-state index >= 15 is 0 Å². The predicted octanol–water partition coefficient (Wildman–Crippen LogP) is 1.61. The van der Waals surface area contributed by atoms with Crippen molar-refractivity contribution in [1.29, 1.82) is 0 Å². The first-order valence-electron chi connectivity index (χ1n) is 5.32. The Morgan fingerprint density at radius 3 is 2.53 bits per heavy atom. The Labute approximate surface area is 90.5 Å². The SMILES string of the molecule is CCC(CC)CNc1cc(NN)ncn1. The normalized spacial score (nSPS) is 10.4. The molecule has 0 fully saturated rings. The highest BCUT2D eigenvalue weighted by Gasteiger charge is 2.03.